The Hall–Kier alpha value is -4.59. The number of furan rings is 1. The fourth-order valence-corrected chi connectivity index (χ4v) is 6.60. The lowest BCUT2D eigenvalue weighted by Gasteiger charge is -2.41. The second-order valence-electron chi connectivity index (χ2n) is 13.2. The van der Waals surface area contributed by atoms with E-state index in [9.17, 15) is 9.59 Å². The topological polar surface area (TPSA) is 104 Å². The quantitative estimate of drug-likeness (QED) is 0.211. The number of ether oxygens (including phenoxy) is 1. The first-order valence-electron chi connectivity index (χ1n) is 15.8. The zero-order valence-electron chi connectivity index (χ0n) is 26.2. The molecule has 2 N–H and O–H groups in total. The van der Waals surface area contributed by atoms with E-state index >= 15 is 0 Å². The van der Waals surface area contributed by atoms with Gasteiger partial charge in [0.1, 0.15) is 18.0 Å². The van der Waals surface area contributed by atoms with Gasteiger partial charge in [-0.3, -0.25) is 9.59 Å². The van der Waals surface area contributed by atoms with Crippen LogP contribution in [0.3, 0.4) is 0 Å². The number of carboxylic acid groups (broad SMARTS) is 1. The lowest BCUT2D eigenvalue weighted by atomic mass is 9.71. The van der Waals surface area contributed by atoms with E-state index in [2.05, 4.69) is 37.1 Å². The van der Waals surface area contributed by atoms with Crippen LogP contribution in [0.15, 0.2) is 88.3 Å². The summed E-state index contributed by atoms with van der Waals surface area (Å²) in [4.78, 5) is 30.7. The van der Waals surface area contributed by atoms with Gasteiger partial charge in [-0.15, -0.1) is 0 Å². The third kappa shape index (κ3) is 6.90. The van der Waals surface area contributed by atoms with Crippen LogP contribution in [0.5, 0.6) is 0 Å². The minimum absolute atomic E-state index is 0.0288. The Morgan fingerprint density at radius 3 is 2.33 bits per heavy atom. The highest BCUT2D eigenvalue weighted by Gasteiger charge is 2.40. The predicted molar refractivity (Wildman–Crippen MR) is 176 cm³/mol. The molecule has 1 unspecified atom stereocenters. The van der Waals surface area contributed by atoms with Crippen LogP contribution in [-0.4, -0.2) is 47.1 Å². The maximum atomic E-state index is 12.5. The van der Waals surface area contributed by atoms with Crippen LogP contribution in [0.4, 0.5) is 5.69 Å². The summed E-state index contributed by atoms with van der Waals surface area (Å²) >= 11 is 0. The van der Waals surface area contributed by atoms with Crippen molar-refractivity contribution in [3.63, 3.8) is 0 Å². The molecule has 234 valence electrons. The molecular formula is C37H41N3O5. The fourth-order valence-electron chi connectivity index (χ4n) is 6.60. The van der Waals surface area contributed by atoms with E-state index in [4.69, 9.17) is 19.3 Å². The van der Waals surface area contributed by atoms with E-state index in [1.54, 1.807) is 12.1 Å². The number of para-hydroxylation sites is 1. The molecule has 2 heterocycles. The number of amidine groups is 1. The Bertz CT molecular complexity index is 1640. The predicted octanol–water partition coefficient (Wildman–Crippen LogP) is 7.97. The van der Waals surface area contributed by atoms with Crippen molar-refractivity contribution in [2.24, 2.45) is 16.3 Å². The number of carbonyl (C=O) groups is 2. The van der Waals surface area contributed by atoms with Crippen molar-refractivity contribution >= 4 is 34.6 Å². The normalized spacial score (nSPS) is 21.2. The SMILES string of the molecule is CC(C)(C)C1CCC(N2C(=Nc3ccc(-c4cc5ccccc5o4)cc3)OCC2c2ccc(C(=O)NCCC(=O)O)cc2)CC1. The molecule has 2 fully saturated rings. The van der Waals surface area contributed by atoms with Crippen molar-refractivity contribution in [2.45, 2.75) is 65.0 Å². The number of nitrogens with one attached hydrogen (secondary N) is 1. The number of hydrogen-bond acceptors (Lipinski definition) is 5. The van der Waals surface area contributed by atoms with Crippen molar-refractivity contribution < 1.29 is 23.8 Å². The second-order valence-corrected chi connectivity index (χ2v) is 13.2. The summed E-state index contributed by atoms with van der Waals surface area (Å²) in [5.74, 6) is 0.281. The van der Waals surface area contributed by atoms with Crippen molar-refractivity contribution in [2.75, 3.05) is 13.2 Å². The molecule has 1 atom stereocenters. The molecule has 0 spiro atoms. The minimum Gasteiger partial charge on any atom is -0.481 e. The first-order chi connectivity index (χ1) is 21.7. The van der Waals surface area contributed by atoms with Crippen molar-refractivity contribution in [3.05, 3.63) is 90.0 Å². The molecular weight excluding hydrogens is 566 g/mol. The summed E-state index contributed by atoms with van der Waals surface area (Å²) in [6.45, 7) is 7.57. The van der Waals surface area contributed by atoms with E-state index < -0.39 is 5.97 Å². The van der Waals surface area contributed by atoms with Crippen molar-refractivity contribution in [3.8, 4) is 11.3 Å². The van der Waals surface area contributed by atoms with E-state index in [1.165, 1.54) is 0 Å². The lowest BCUT2D eigenvalue weighted by Crippen LogP contribution is -2.42. The summed E-state index contributed by atoms with van der Waals surface area (Å²) in [5.41, 5.74) is 4.51. The zero-order chi connectivity index (χ0) is 31.6. The minimum atomic E-state index is -0.942. The average Bonchev–Trinajstić information content (AvgIpc) is 3.65. The maximum absolute atomic E-state index is 12.5. The number of hydrogen-bond donors (Lipinski definition) is 2. The highest BCUT2D eigenvalue weighted by molar-refractivity contribution is 5.94. The molecule has 1 saturated carbocycles. The van der Waals surface area contributed by atoms with E-state index in [0.717, 1.165) is 59.2 Å². The Morgan fingerprint density at radius 2 is 1.67 bits per heavy atom. The number of rotatable bonds is 8. The summed E-state index contributed by atoms with van der Waals surface area (Å²) < 4.78 is 12.4. The molecule has 3 aromatic carbocycles. The molecule has 1 aromatic heterocycles. The first-order valence-corrected chi connectivity index (χ1v) is 15.8. The number of nitrogens with zero attached hydrogens (tertiary/aromatic N) is 2. The van der Waals surface area contributed by atoms with Gasteiger partial charge >= 0.3 is 5.97 Å². The summed E-state index contributed by atoms with van der Waals surface area (Å²) in [6.07, 6.45) is 4.34. The highest BCUT2D eigenvalue weighted by atomic mass is 16.5. The Balaban J connectivity index is 1.23. The Kier molecular flexibility index (Phi) is 8.65. The second kappa shape index (κ2) is 12.8. The first kappa shape index (κ1) is 30.4. The van der Waals surface area contributed by atoms with Crippen LogP contribution in [0, 0.1) is 11.3 Å². The van der Waals surface area contributed by atoms with Gasteiger partial charge in [-0.25, -0.2) is 0 Å². The molecule has 2 aliphatic rings. The van der Waals surface area contributed by atoms with E-state index in [0.29, 0.717) is 30.2 Å². The molecule has 8 heteroatoms. The van der Waals surface area contributed by atoms with Gasteiger partial charge in [0, 0.05) is 29.1 Å². The molecule has 4 aromatic rings. The molecule has 45 heavy (non-hydrogen) atoms. The zero-order valence-corrected chi connectivity index (χ0v) is 26.2. The smallest absolute Gasteiger partial charge is 0.305 e. The van der Waals surface area contributed by atoms with Gasteiger partial charge in [0.05, 0.1) is 18.2 Å². The van der Waals surface area contributed by atoms with Crippen molar-refractivity contribution in [1.82, 2.24) is 10.2 Å². The van der Waals surface area contributed by atoms with Gasteiger partial charge < -0.3 is 24.5 Å². The van der Waals surface area contributed by atoms with Gasteiger partial charge in [-0.2, -0.15) is 4.99 Å². The number of fused-ring (bicyclic) bond motifs is 1. The number of benzene rings is 3. The summed E-state index contributed by atoms with van der Waals surface area (Å²) in [5, 5.41) is 12.6. The standard InChI is InChI=1S/C37H41N3O5/c1-37(2,3)28-14-18-30(19-15-28)40-31(24-8-10-26(11-9-24)35(43)38-21-20-34(41)42)23-44-36(40)39-29-16-12-25(13-17-29)33-22-27-6-4-5-7-32(27)45-33/h4-13,16-17,22,28,30-31H,14-15,18-21,23H2,1-3H3,(H,38,43)(H,41,42). The van der Waals surface area contributed by atoms with Crippen LogP contribution in [0.25, 0.3) is 22.3 Å². The number of carboxylic acids is 1. The van der Waals surface area contributed by atoms with Gasteiger partial charge in [0.2, 0.25) is 0 Å². The molecule has 1 aliphatic carbocycles. The Morgan fingerprint density at radius 1 is 0.956 bits per heavy atom. The average molecular weight is 608 g/mol. The summed E-state index contributed by atoms with van der Waals surface area (Å²) in [6, 6.07) is 26.6. The van der Waals surface area contributed by atoms with Crippen LogP contribution >= 0.6 is 0 Å². The van der Waals surface area contributed by atoms with Gasteiger partial charge in [0.15, 0.2) is 0 Å². The lowest BCUT2D eigenvalue weighted by molar-refractivity contribution is -0.136. The van der Waals surface area contributed by atoms with Gasteiger partial charge in [0.25, 0.3) is 11.9 Å². The largest absolute Gasteiger partial charge is 0.481 e. The molecule has 0 radical (unpaired) electrons. The molecule has 1 amide bonds. The Labute approximate surface area is 264 Å². The number of aliphatic imine (C=N–C) groups is 1. The number of aliphatic carboxylic acids is 1. The monoisotopic (exact) mass is 607 g/mol. The van der Waals surface area contributed by atoms with Crippen LogP contribution in [-0.2, 0) is 9.53 Å². The van der Waals surface area contributed by atoms with Crippen LogP contribution < -0.4 is 5.32 Å². The molecule has 1 aliphatic heterocycles. The third-order valence-corrected chi connectivity index (χ3v) is 9.23. The van der Waals surface area contributed by atoms with Gasteiger partial charge in [-0.05, 0) is 91.1 Å². The van der Waals surface area contributed by atoms with Gasteiger partial charge in [-0.1, -0.05) is 51.1 Å². The molecule has 1 saturated heterocycles. The van der Waals surface area contributed by atoms with E-state index in [-0.39, 0.29) is 30.3 Å². The fraction of sp³-hybridized carbons (Fsp3) is 0.378. The van der Waals surface area contributed by atoms with Crippen molar-refractivity contribution in [1.29, 1.82) is 0 Å². The molecule has 6 rings (SSSR count). The highest BCUT2D eigenvalue weighted by Crippen LogP contribution is 2.42. The number of amides is 1. The molecule has 8 nitrogen and oxygen atoms in total. The molecule has 0 bridgehead atoms. The number of carbonyl (C=O) groups excluding carboxylic acids is 1. The summed E-state index contributed by atoms with van der Waals surface area (Å²) in [7, 11) is 0. The van der Waals surface area contributed by atoms with E-state index in [1.807, 2.05) is 60.7 Å². The third-order valence-electron chi connectivity index (χ3n) is 9.23. The maximum Gasteiger partial charge on any atom is 0.305 e. The van der Waals surface area contributed by atoms with Crippen LogP contribution in [0.1, 0.15) is 74.8 Å². The van der Waals surface area contributed by atoms with Crippen LogP contribution in [0.2, 0.25) is 0 Å².